The number of amides is 1. The summed E-state index contributed by atoms with van der Waals surface area (Å²) in [6.07, 6.45) is 2.89. The van der Waals surface area contributed by atoms with Gasteiger partial charge in [0, 0.05) is 19.3 Å². The number of pyridine rings is 1. The van der Waals surface area contributed by atoms with Crippen LogP contribution in [0, 0.1) is 11.8 Å². The third kappa shape index (κ3) is 2.30. The van der Waals surface area contributed by atoms with Gasteiger partial charge in [-0.15, -0.1) is 5.10 Å². The quantitative estimate of drug-likeness (QED) is 0.773. The van der Waals surface area contributed by atoms with Gasteiger partial charge in [0.15, 0.2) is 5.65 Å². The van der Waals surface area contributed by atoms with Crippen LogP contribution < -0.4 is 0 Å². The summed E-state index contributed by atoms with van der Waals surface area (Å²) in [5.74, 6) is 1.18. The molecule has 3 heterocycles. The Bertz CT molecular complexity index is 598. The number of carbonyl (C=O) groups excluding carboxylic acids is 1. The molecule has 0 radical (unpaired) electrons. The number of hydrogen-bond donors (Lipinski definition) is 0. The molecule has 2 aromatic heterocycles. The Morgan fingerprint density at radius 3 is 2.74 bits per heavy atom. The van der Waals surface area contributed by atoms with E-state index in [1.54, 1.807) is 18.3 Å². The van der Waals surface area contributed by atoms with Crippen molar-refractivity contribution in [3.63, 3.8) is 0 Å². The van der Waals surface area contributed by atoms with Gasteiger partial charge in [-0.3, -0.25) is 4.79 Å². The highest BCUT2D eigenvalue weighted by molar-refractivity contribution is 5.94. The van der Waals surface area contributed by atoms with Crippen molar-refractivity contribution in [2.24, 2.45) is 11.8 Å². The van der Waals surface area contributed by atoms with Crippen molar-refractivity contribution in [2.75, 3.05) is 13.1 Å². The van der Waals surface area contributed by atoms with Crippen LogP contribution in [0.2, 0.25) is 0 Å². The normalized spacial score (nSPS) is 23.8. The molecule has 0 bridgehead atoms. The summed E-state index contributed by atoms with van der Waals surface area (Å²) in [6, 6.07) is 3.56. The Balaban J connectivity index is 1.86. The molecular formula is C13H17N5O. The highest BCUT2D eigenvalue weighted by Crippen LogP contribution is 2.22. The smallest absolute Gasteiger partial charge is 0.255 e. The summed E-state index contributed by atoms with van der Waals surface area (Å²) in [4.78, 5) is 14.4. The SMILES string of the molecule is CC1CC(C)CN(C(=O)c2ccc3nnnn3c2)C1. The average Bonchev–Trinajstić information content (AvgIpc) is 2.83. The number of rotatable bonds is 1. The Morgan fingerprint density at radius 1 is 1.26 bits per heavy atom. The van der Waals surface area contributed by atoms with Crippen molar-refractivity contribution in [2.45, 2.75) is 20.3 Å². The molecule has 1 saturated heterocycles. The van der Waals surface area contributed by atoms with Crippen molar-refractivity contribution in [1.82, 2.24) is 24.9 Å². The molecule has 3 rings (SSSR count). The van der Waals surface area contributed by atoms with E-state index in [-0.39, 0.29) is 5.91 Å². The molecule has 1 fully saturated rings. The number of tetrazole rings is 1. The van der Waals surface area contributed by atoms with Gasteiger partial charge in [0.05, 0.1) is 5.56 Å². The van der Waals surface area contributed by atoms with E-state index in [0.717, 1.165) is 13.1 Å². The minimum absolute atomic E-state index is 0.0656. The second-order valence-electron chi connectivity index (χ2n) is 5.56. The van der Waals surface area contributed by atoms with E-state index in [2.05, 4.69) is 29.4 Å². The summed E-state index contributed by atoms with van der Waals surface area (Å²) in [5, 5.41) is 11.2. The Morgan fingerprint density at radius 2 is 2.00 bits per heavy atom. The first kappa shape index (κ1) is 12.1. The van der Waals surface area contributed by atoms with Crippen LogP contribution in [0.25, 0.3) is 5.65 Å². The van der Waals surface area contributed by atoms with Gasteiger partial charge in [0.2, 0.25) is 0 Å². The van der Waals surface area contributed by atoms with Crippen LogP contribution in [0.15, 0.2) is 18.3 Å². The monoisotopic (exact) mass is 259 g/mol. The average molecular weight is 259 g/mol. The van der Waals surface area contributed by atoms with Crippen molar-refractivity contribution >= 4 is 11.6 Å². The summed E-state index contributed by atoms with van der Waals surface area (Å²) >= 11 is 0. The van der Waals surface area contributed by atoms with Gasteiger partial charge in [0.1, 0.15) is 0 Å². The molecule has 1 amide bonds. The zero-order valence-corrected chi connectivity index (χ0v) is 11.2. The van der Waals surface area contributed by atoms with Crippen LogP contribution in [-0.4, -0.2) is 43.9 Å². The van der Waals surface area contributed by atoms with Crippen LogP contribution in [0.5, 0.6) is 0 Å². The topological polar surface area (TPSA) is 63.4 Å². The first-order valence-electron chi connectivity index (χ1n) is 6.60. The van der Waals surface area contributed by atoms with Gasteiger partial charge < -0.3 is 4.90 Å². The van der Waals surface area contributed by atoms with Crippen molar-refractivity contribution in [1.29, 1.82) is 0 Å². The molecule has 0 saturated carbocycles. The second kappa shape index (κ2) is 4.60. The Hall–Kier alpha value is -1.98. The molecule has 19 heavy (non-hydrogen) atoms. The number of nitrogens with zero attached hydrogens (tertiary/aromatic N) is 5. The molecule has 1 aliphatic rings. The molecule has 1 aliphatic heterocycles. The zero-order valence-electron chi connectivity index (χ0n) is 11.2. The number of fused-ring (bicyclic) bond motifs is 1. The third-order valence-electron chi connectivity index (χ3n) is 3.59. The minimum atomic E-state index is 0.0656. The van der Waals surface area contributed by atoms with E-state index < -0.39 is 0 Å². The molecule has 6 heteroatoms. The van der Waals surface area contributed by atoms with Crippen LogP contribution in [0.4, 0.5) is 0 Å². The van der Waals surface area contributed by atoms with E-state index in [1.807, 2.05) is 4.90 Å². The maximum absolute atomic E-state index is 12.5. The Kier molecular flexibility index (Phi) is 2.93. The minimum Gasteiger partial charge on any atom is -0.338 e. The predicted octanol–water partition coefficient (Wildman–Crippen LogP) is 1.24. The lowest BCUT2D eigenvalue weighted by atomic mass is 9.91. The number of piperidine rings is 1. The maximum atomic E-state index is 12.5. The van der Waals surface area contributed by atoms with Crippen molar-refractivity contribution < 1.29 is 4.79 Å². The molecule has 0 spiro atoms. The molecule has 6 nitrogen and oxygen atoms in total. The molecule has 2 unspecified atom stereocenters. The van der Waals surface area contributed by atoms with Crippen molar-refractivity contribution in [3.8, 4) is 0 Å². The molecule has 2 aromatic rings. The second-order valence-corrected chi connectivity index (χ2v) is 5.56. The lowest BCUT2D eigenvalue weighted by molar-refractivity contribution is 0.0622. The highest BCUT2D eigenvalue weighted by Gasteiger charge is 2.26. The predicted molar refractivity (Wildman–Crippen MR) is 69.6 cm³/mol. The van der Waals surface area contributed by atoms with E-state index in [4.69, 9.17) is 0 Å². The Labute approximate surface area is 111 Å². The van der Waals surface area contributed by atoms with Gasteiger partial charge >= 0.3 is 0 Å². The van der Waals surface area contributed by atoms with E-state index in [9.17, 15) is 4.79 Å². The zero-order chi connectivity index (χ0) is 13.4. The fourth-order valence-electron chi connectivity index (χ4n) is 2.88. The molecule has 2 atom stereocenters. The molecule has 100 valence electrons. The molecule has 0 aromatic carbocycles. The van der Waals surface area contributed by atoms with Gasteiger partial charge in [-0.05, 0) is 40.8 Å². The molecular weight excluding hydrogens is 242 g/mol. The van der Waals surface area contributed by atoms with Crippen LogP contribution in [0.3, 0.4) is 0 Å². The van der Waals surface area contributed by atoms with Crippen LogP contribution in [-0.2, 0) is 0 Å². The van der Waals surface area contributed by atoms with Gasteiger partial charge in [-0.1, -0.05) is 13.8 Å². The maximum Gasteiger partial charge on any atom is 0.255 e. The first-order chi connectivity index (χ1) is 9.13. The van der Waals surface area contributed by atoms with Gasteiger partial charge in [-0.2, -0.15) is 4.52 Å². The van der Waals surface area contributed by atoms with Gasteiger partial charge in [-0.25, -0.2) is 0 Å². The summed E-state index contributed by atoms with van der Waals surface area (Å²) in [7, 11) is 0. The summed E-state index contributed by atoms with van der Waals surface area (Å²) in [6.45, 7) is 6.05. The largest absolute Gasteiger partial charge is 0.338 e. The highest BCUT2D eigenvalue weighted by atomic mass is 16.2. The summed E-state index contributed by atoms with van der Waals surface area (Å²) < 4.78 is 1.53. The number of aromatic nitrogens is 4. The van der Waals surface area contributed by atoms with E-state index >= 15 is 0 Å². The number of hydrogen-bond acceptors (Lipinski definition) is 4. The fraction of sp³-hybridized carbons (Fsp3) is 0.538. The lowest BCUT2D eigenvalue weighted by Gasteiger charge is -2.35. The lowest BCUT2D eigenvalue weighted by Crippen LogP contribution is -2.42. The van der Waals surface area contributed by atoms with Crippen LogP contribution >= 0.6 is 0 Å². The fourth-order valence-corrected chi connectivity index (χ4v) is 2.88. The first-order valence-corrected chi connectivity index (χ1v) is 6.60. The molecule has 0 aliphatic carbocycles. The van der Waals surface area contributed by atoms with E-state index in [0.29, 0.717) is 23.0 Å². The molecule has 0 N–H and O–H groups in total. The van der Waals surface area contributed by atoms with Crippen LogP contribution in [0.1, 0.15) is 30.6 Å². The summed E-state index contributed by atoms with van der Waals surface area (Å²) in [5.41, 5.74) is 1.29. The van der Waals surface area contributed by atoms with E-state index in [1.165, 1.54) is 10.9 Å². The van der Waals surface area contributed by atoms with Crippen molar-refractivity contribution in [3.05, 3.63) is 23.9 Å². The standard InChI is InChI=1S/C13H17N5O/c1-9-5-10(2)7-17(6-9)13(19)11-3-4-12-14-15-16-18(12)8-11/h3-4,8-10H,5-7H2,1-2H3. The third-order valence-corrected chi connectivity index (χ3v) is 3.59. The number of carbonyl (C=O) groups is 1. The van der Waals surface area contributed by atoms with Gasteiger partial charge in [0.25, 0.3) is 5.91 Å². The number of likely N-dealkylation sites (tertiary alicyclic amines) is 1.